The van der Waals surface area contributed by atoms with E-state index in [-0.39, 0.29) is 18.0 Å². The average molecular weight is 705 g/mol. The Kier molecular flexibility index (Phi) is 15.3. The summed E-state index contributed by atoms with van der Waals surface area (Å²) < 4.78 is 46.3. The normalized spacial score (nSPS) is 16.0. The third-order valence-electron chi connectivity index (χ3n) is 4.82. The lowest BCUT2D eigenvalue weighted by Crippen LogP contribution is -2.66. The molecule has 0 aliphatic rings. The van der Waals surface area contributed by atoms with Crippen molar-refractivity contribution in [2.24, 2.45) is 0 Å². The Morgan fingerprint density at radius 1 is 0.659 bits per heavy atom. The van der Waals surface area contributed by atoms with Gasteiger partial charge in [-0.15, -0.1) is 0 Å². The Balaban J connectivity index is 6.97. The Hall–Kier alpha value is 0.408. The van der Waals surface area contributed by atoms with E-state index in [9.17, 15) is 15.0 Å². The zero-order valence-corrected chi connectivity index (χ0v) is 35.6. The second-order valence-electron chi connectivity index (χ2n) is 14.8. The maximum atomic E-state index is 12.4. The van der Waals surface area contributed by atoms with Gasteiger partial charge in [0.1, 0.15) is 12.2 Å². The van der Waals surface area contributed by atoms with Crippen molar-refractivity contribution < 1.29 is 44.4 Å². The second kappa shape index (κ2) is 15.1. The molecule has 0 aromatic carbocycles. The topological polar surface area (TPSA) is 122 Å². The van der Waals surface area contributed by atoms with Crippen molar-refractivity contribution in [3.05, 3.63) is 12.2 Å². The van der Waals surface area contributed by atoms with Crippen molar-refractivity contribution in [2.75, 3.05) is 6.61 Å². The van der Waals surface area contributed by atoms with Gasteiger partial charge in [-0.3, -0.25) is 0 Å². The molecule has 2 unspecified atom stereocenters. The number of hydrogen-bond donors (Lipinski definition) is 2. The predicted octanol–water partition coefficient (Wildman–Crippen LogP) is 5.87. The molecule has 0 amide bonds. The van der Waals surface area contributed by atoms with Crippen molar-refractivity contribution >= 4 is 65.4 Å². The Morgan fingerprint density at radius 3 is 1.22 bits per heavy atom. The zero-order valence-electron chi connectivity index (χ0n) is 28.6. The SMILES string of the molecule is C=C(C)C(=O)OC(CC[Si](O[Si](C)(C)O[Si](C)(C)C)(O[Si](C)(C)O[Si](C)(C)C)O[Si](C)(C)O[Si](C)(C)C)C(O)CO. The highest BCUT2D eigenvalue weighted by molar-refractivity contribution is 6.92. The molecule has 0 fully saturated rings. The van der Waals surface area contributed by atoms with Crippen molar-refractivity contribution in [2.45, 2.75) is 130 Å². The molecule has 0 radical (unpaired) electrons. The molecule has 17 heteroatoms. The summed E-state index contributed by atoms with van der Waals surface area (Å²) in [4.78, 5) is 12.4. The molecule has 0 bridgehead atoms. The van der Waals surface area contributed by atoms with Gasteiger partial charge < -0.3 is 39.6 Å². The maximum Gasteiger partial charge on any atom is 0.474 e. The molecular formula is C24H60O10Si7. The van der Waals surface area contributed by atoms with E-state index in [0.717, 1.165) is 0 Å². The third kappa shape index (κ3) is 18.7. The van der Waals surface area contributed by atoms with Crippen LogP contribution in [0, 0.1) is 0 Å². The van der Waals surface area contributed by atoms with Gasteiger partial charge in [-0.1, -0.05) is 6.58 Å². The maximum absolute atomic E-state index is 12.4. The summed E-state index contributed by atoms with van der Waals surface area (Å²) in [5, 5.41) is 20.4. The average Bonchev–Trinajstić information content (AvgIpc) is 2.62. The van der Waals surface area contributed by atoms with Crippen LogP contribution < -0.4 is 0 Å². The fourth-order valence-electron chi connectivity index (χ4n) is 4.62. The number of aliphatic hydroxyl groups excluding tert-OH is 2. The molecule has 0 saturated heterocycles. The molecule has 41 heavy (non-hydrogen) atoms. The van der Waals surface area contributed by atoms with Gasteiger partial charge in [0.25, 0.3) is 0 Å². The van der Waals surface area contributed by atoms with Crippen LogP contribution >= 0.6 is 0 Å². The van der Waals surface area contributed by atoms with Crippen LogP contribution in [0.15, 0.2) is 12.2 Å². The van der Waals surface area contributed by atoms with Crippen LogP contribution in [0.2, 0.25) is 104 Å². The molecule has 10 nitrogen and oxygen atoms in total. The fourth-order valence-corrected chi connectivity index (χ4v) is 36.4. The molecule has 0 aliphatic carbocycles. The highest BCUT2D eigenvalue weighted by Gasteiger charge is 2.56. The predicted molar refractivity (Wildman–Crippen MR) is 182 cm³/mol. The van der Waals surface area contributed by atoms with Crippen LogP contribution in [0.4, 0.5) is 0 Å². The van der Waals surface area contributed by atoms with E-state index < -0.39 is 84.2 Å². The van der Waals surface area contributed by atoms with E-state index in [1.165, 1.54) is 6.92 Å². The minimum absolute atomic E-state index is 0.124. The summed E-state index contributed by atoms with van der Waals surface area (Å²) in [5.41, 5.74) is 0.193. The Labute approximate surface area is 257 Å². The summed E-state index contributed by atoms with van der Waals surface area (Å²) >= 11 is 0. The molecule has 2 N–H and O–H groups in total. The van der Waals surface area contributed by atoms with E-state index >= 15 is 0 Å². The van der Waals surface area contributed by atoms with Gasteiger partial charge in [0.2, 0.25) is 0 Å². The first kappa shape index (κ1) is 41.4. The second-order valence-corrected chi connectivity index (χ2v) is 42.7. The molecule has 0 spiro atoms. The Bertz CT molecular complexity index is 790. The quantitative estimate of drug-likeness (QED) is 0.0960. The minimum atomic E-state index is -3.73. The first-order chi connectivity index (χ1) is 17.9. The molecule has 0 rings (SSSR count). The standard InChI is InChI=1S/C24H60O10Si7/c1-21(2)24(27)28-23(22(26)20-25)18-19-41(32-38(12,13)29-35(3,4)5,33-39(14,15)30-36(6,7)8)34-40(16,17)31-37(9,10)11/h22-23,25-26H,1,18-20H2,2-17H3. The number of esters is 1. The molecule has 2 atom stereocenters. The minimum Gasteiger partial charge on any atom is -0.456 e. The lowest BCUT2D eigenvalue weighted by Gasteiger charge is -2.46. The molecule has 0 saturated carbocycles. The first-order valence-electron chi connectivity index (χ1n) is 14.3. The van der Waals surface area contributed by atoms with Gasteiger partial charge in [-0.25, -0.2) is 4.79 Å². The lowest BCUT2D eigenvalue weighted by molar-refractivity contribution is -0.152. The number of carbonyl (C=O) groups is 1. The van der Waals surface area contributed by atoms with E-state index in [2.05, 4.69) is 65.5 Å². The third-order valence-corrected chi connectivity index (χ3v) is 28.6. The van der Waals surface area contributed by atoms with Gasteiger partial charge in [-0.05, 0) is 112 Å². The van der Waals surface area contributed by atoms with Crippen LogP contribution in [-0.4, -0.2) is 94.4 Å². The summed E-state index contributed by atoms with van der Waals surface area (Å²) in [6.45, 7) is 35.5. The van der Waals surface area contributed by atoms with Gasteiger partial charge in [0.15, 0.2) is 25.0 Å². The van der Waals surface area contributed by atoms with Crippen molar-refractivity contribution in [1.29, 1.82) is 0 Å². The number of ether oxygens (including phenoxy) is 1. The summed E-state index contributed by atoms with van der Waals surface area (Å²) in [6, 6.07) is 0.195. The van der Waals surface area contributed by atoms with Crippen molar-refractivity contribution in [1.82, 2.24) is 0 Å². The van der Waals surface area contributed by atoms with Crippen molar-refractivity contribution in [3.8, 4) is 0 Å². The van der Waals surface area contributed by atoms with Crippen LogP contribution in [0.1, 0.15) is 13.3 Å². The summed E-state index contributed by atoms with van der Waals surface area (Å²) in [5.74, 6) is -0.650. The van der Waals surface area contributed by atoms with Gasteiger partial charge >= 0.3 is 40.5 Å². The molecule has 0 aromatic heterocycles. The molecule has 0 aromatic rings. The van der Waals surface area contributed by atoms with Gasteiger partial charge in [0, 0.05) is 11.6 Å². The summed E-state index contributed by atoms with van der Waals surface area (Å²) in [6.07, 6.45) is -2.21. The van der Waals surface area contributed by atoms with Crippen LogP contribution in [0.3, 0.4) is 0 Å². The number of rotatable bonds is 19. The monoisotopic (exact) mass is 704 g/mol. The molecule has 244 valence electrons. The highest BCUT2D eigenvalue weighted by Crippen LogP contribution is 2.34. The van der Waals surface area contributed by atoms with E-state index in [1.54, 1.807) is 0 Å². The Morgan fingerprint density at radius 2 is 0.976 bits per heavy atom. The largest absolute Gasteiger partial charge is 0.474 e. The van der Waals surface area contributed by atoms with Crippen LogP contribution in [0.5, 0.6) is 0 Å². The molecular weight excluding hydrogens is 645 g/mol. The van der Waals surface area contributed by atoms with Crippen molar-refractivity contribution in [3.63, 3.8) is 0 Å². The van der Waals surface area contributed by atoms with Gasteiger partial charge in [0.05, 0.1) is 6.61 Å². The zero-order chi connectivity index (χ0) is 32.9. The number of carbonyl (C=O) groups excluding carboxylic acids is 1. The van der Waals surface area contributed by atoms with E-state index in [0.29, 0.717) is 0 Å². The molecule has 0 heterocycles. The fraction of sp³-hybridized carbons (Fsp3) is 0.875. The molecule has 0 aliphatic heterocycles. The number of hydrogen-bond acceptors (Lipinski definition) is 10. The van der Waals surface area contributed by atoms with Gasteiger partial charge in [-0.2, -0.15) is 0 Å². The van der Waals surface area contributed by atoms with E-state index in [1.807, 2.05) is 39.3 Å². The highest BCUT2D eigenvalue weighted by atomic mass is 28.5. The van der Waals surface area contributed by atoms with Crippen LogP contribution in [0.25, 0.3) is 0 Å². The lowest BCUT2D eigenvalue weighted by atomic mass is 10.1. The smallest absolute Gasteiger partial charge is 0.456 e. The van der Waals surface area contributed by atoms with E-state index in [4.69, 9.17) is 29.4 Å². The first-order valence-corrected chi connectivity index (χ1v) is 34.9. The number of aliphatic hydroxyl groups is 2. The summed E-state index contributed by atoms with van der Waals surface area (Å²) in [7, 11) is -18.3. The van der Waals surface area contributed by atoms with Crippen LogP contribution in [-0.2, 0) is 34.2 Å².